The molecule has 1 fully saturated rings. The number of pyridine rings is 1. The molecule has 5 heteroatoms. The number of aromatic nitrogens is 1. The molecule has 102 valence electrons. The van der Waals surface area contributed by atoms with Crippen LogP contribution in [0.3, 0.4) is 0 Å². The first kappa shape index (κ1) is 13.5. The Balaban J connectivity index is 2.23. The zero-order valence-electron chi connectivity index (χ0n) is 11.2. The number of aromatic carboxylic acids is 1. The quantitative estimate of drug-likeness (QED) is 0.885. The minimum absolute atomic E-state index is 0.0936. The Labute approximate surface area is 112 Å². The van der Waals surface area contributed by atoms with Crippen molar-refractivity contribution in [3.8, 4) is 0 Å². The molecule has 2 atom stereocenters. The van der Waals surface area contributed by atoms with Crippen LogP contribution in [-0.4, -0.2) is 39.5 Å². The third-order valence-electron chi connectivity index (χ3n) is 3.60. The number of rotatable bonds is 2. The molecule has 1 amide bonds. The van der Waals surface area contributed by atoms with E-state index in [9.17, 15) is 9.59 Å². The number of carboxylic acids is 1. The van der Waals surface area contributed by atoms with Gasteiger partial charge in [-0.3, -0.25) is 9.78 Å². The molecule has 1 aromatic heterocycles. The molecule has 2 heterocycles. The number of nitrogens with zero attached hydrogens (tertiary/aromatic N) is 2. The van der Waals surface area contributed by atoms with E-state index in [2.05, 4.69) is 11.9 Å². The van der Waals surface area contributed by atoms with Crippen molar-refractivity contribution in [1.29, 1.82) is 0 Å². The summed E-state index contributed by atoms with van der Waals surface area (Å²) in [5, 5.41) is 8.94. The Morgan fingerprint density at radius 2 is 2.11 bits per heavy atom. The van der Waals surface area contributed by atoms with Gasteiger partial charge in [0.05, 0.1) is 5.56 Å². The van der Waals surface area contributed by atoms with Gasteiger partial charge >= 0.3 is 5.97 Å². The van der Waals surface area contributed by atoms with Crippen LogP contribution in [-0.2, 0) is 0 Å². The van der Waals surface area contributed by atoms with E-state index in [0.29, 0.717) is 12.5 Å². The minimum Gasteiger partial charge on any atom is -0.478 e. The number of amides is 1. The summed E-state index contributed by atoms with van der Waals surface area (Å²) in [6.07, 6.45) is 3.47. The van der Waals surface area contributed by atoms with Crippen LogP contribution in [0.4, 0.5) is 0 Å². The minimum atomic E-state index is -1.04. The molecule has 1 N–H and O–H groups in total. The van der Waals surface area contributed by atoms with Gasteiger partial charge in [-0.1, -0.05) is 6.92 Å². The average Bonchev–Trinajstić information content (AvgIpc) is 2.41. The third kappa shape index (κ3) is 2.92. The predicted molar refractivity (Wildman–Crippen MR) is 70.1 cm³/mol. The van der Waals surface area contributed by atoms with Crippen LogP contribution < -0.4 is 0 Å². The van der Waals surface area contributed by atoms with Crippen molar-refractivity contribution in [2.24, 2.45) is 5.92 Å². The second-order valence-electron chi connectivity index (χ2n) is 5.22. The maximum Gasteiger partial charge on any atom is 0.335 e. The summed E-state index contributed by atoms with van der Waals surface area (Å²) in [5.41, 5.74) is 0.303. The topological polar surface area (TPSA) is 70.5 Å². The highest BCUT2D eigenvalue weighted by atomic mass is 16.4. The van der Waals surface area contributed by atoms with Gasteiger partial charge in [0.2, 0.25) is 0 Å². The second kappa shape index (κ2) is 5.38. The summed E-state index contributed by atoms with van der Waals surface area (Å²) in [5.74, 6) is -0.749. The van der Waals surface area contributed by atoms with E-state index in [1.54, 1.807) is 4.90 Å². The van der Waals surface area contributed by atoms with Gasteiger partial charge in [0.15, 0.2) is 0 Å². The SMILES string of the molecule is CC1CCC(C)N(C(=O)c2cc(C(=O)O)ccn2)C1. The molecule has 2 unspecified atom stereocenters. The fraction of sp³-hybridized carbons (Fsp3) is 0.500. The van der Waals surface area contributed by atoms with Gasteiger partial charge in [0.25, 0.3) is 5.91 Å². The van der Waals surface area contributed by atoms with Crippen LogP contribution in [0.5, 0.6) is 0 Å². The van der Waals surface area contributed by atoms with Crippen LogP contribution in [0.1, 0.15) is 47.5 Å². The Morgan fingerprint density at radius 1 is 1.37 bits per heavy atom. The molecule has 1 aliphatic rings. The van der Waals surface area contributed by atoms with Crippen molar-refractivity contribution in [2.45, 2.75) is 32.7 Å². The summed E-state index contributed by atoms with van der Waals surface area (Å²) in [7, 11) is 0. The van der Waals surface area contributed by atoms with E-state index in [4.69, 9.17) is 5.11 Å². The van der Waals surface area contributed by atoms with Gasteiger partial charge in [0.1, 0.15) is 5.69 Å². The average molecular weight is 262 g/mol. The monoisotopic (exact) mass is 262 g/mol. The summed E-state index contributed by atoms with van der Waals surface area (Å²) >= 11 is 0. The highest BCUT2D eigenvalue weighted by Crippen LogP contribution is 2.22. The molecule has 0 spiro atoms. The maximum atomic E-state index is 12.4. The summed E-state index contributed by atoms with van der Waals surface area (Å²) in [6, 6.07) is 2.91. The number of hydrogen-bond donors (Lipinski definition) is 1. The van der Waals surface area contributed by atoms with E-state index < -0.39 is 5.97 Å². The molecule has 1 aliphatic heterocycles. The van der Waals surface area contributed by atoms with Crippen LogP contribution in [0, 0.1) is 5.92 Å². The fourth-order valence-electron chi connectivity index (χ4n) is 2.40. The van der Waals surface area contributed by atoms with Crippen molar-refractivity contribution in [1.82, 2.24) is 9.88 Å². The highest BCUT2D eigenvalue weighted by Gasteiger charge is 2.28. The van der Waals surface area contributed by atoms with E-state index in [-0.39, 0.29) is 23.2 Å². The Hall–Kier alpha value is -1.91. The third-order valence-corrected chi connectivity index (χ3v) is 3.60. The van der Waals surface area contributed by atoms with Gasteiger partial charge in [-0.15, -0.1) is 0 Å². The van der Waals surface area contributed by atoms with Gasteiger partial charge in [-0.2, -0.15) is 0 Å². The number of carbonyl (C=O) groups is 2. The van der Waals surface area contributed by atoms with Gasteiger partial charge in [-0.25, -0.2) is 4.79 Å². The summed E-state index contributed by atoms with van der Waals surface area (Å²) in [4.78, 5) is 29.1. The lowest BCUT2D eigenvalue weighted by atomic mass is 9.94. The van der Waals surface area contributed by atoms with Crippen LogP contribution in [0.2, 0.25) is 0 Å². The number of hydrogen-bond acceptors (Lipinski definition) is 3. The van der Waals surface area contributed by atoms with Gasteiger partial charge in [0, 0.05) is 18.8 Å². The Morgan fingerprint density at radius 3 is 2.79 bits per heavy atom. The van der Waals surface area contributed by atoms with E-state index in [1.165, 1.54) is 18.3 Å². The van der Waals surface area contributed by atoms with Crippen LogP contribution in [0.25, 0.3) is 0 Å². The Kier molecular flexibility index (Phi) is 3.83. The number of piperidine rings is 1. The molecule has 2 rings (SSSR count). The Bertz CT molecular complexity index is 501. The molecule has 1 aromatic rings. The van der Waals surface area contributed by atoms with Crippen molar-refractivity contribution >= 4 is 11.9 Å². The zero-order valence-corrected chi connectivity index (χ0v) is 11.2. The molecule has 0 radical (unpaired) electrons. The lowest BCUT2D eigenvalue weighted by Gasteiger charge is -2.36. The van der Waals surface area contributed by atoms with Crippen molar-refractivity contribution in [3.63, 3.8) is 0 Å². The van der Waals surface area contributed by atoms with Gasteiger partial charge in [-0.05, 0) is 37.8 Å². The lowest BCUT2D eigenvalue weighted by Crippen LogP contribution is -2.45. The fourth-order valence-corrected chi connectivity index (χ4v) is 2.40. The molecule has 0 saturated carbocycles. The van der Waals surface area contributed by atoms with Crippen molar-refractivity contribution in [3.05, 3.63) is 29.6 Å². The molecule has 0 bridgehead atoms. The number of likely N-dealkylation sites (tertiary alicyclic amines) is 1. The predicted octanol–water partition coefficient (Wildman–Crippen LogP) is 2.04. The normalized spacial score (nSPS) is 23.2. The standard InChI is InChI=1S/C14H18N2O3/c1-9-3-4-10(2)16(8-9)13(17)12-7-11(14(18)19)5-6-15-12/h5-7,9-10H,3-4,8H2,1-2H3,(H,18,19). The molecular weight excluding hydrogens is 244 g/mol. The molecule has 5 nitrogen and oxygen atoms in total. The zero-order chi connectivity index (χ0) is 14.0. The van der Waals surface area contributed by atoms with Crippen LogP contribution >= 0.6 is 0 Å². The number of carboxylic acid groups (broad SMARTS) is 1. The summed E-state index contributed by atoms with van der Waals surface area (Å²) < 4.78 is 0. The van der Waals surface area contributed by atoms with E-state index in [1.807, 2.05) is 6.92 Å². The first-order chi connectivity index (χ1) is 8.99. The van der Waals surface area contributed by atoms with Gasteiger partial charge < -0.3 is 10.0 Å². The maximum absolute atomic E-state index is 12.4. The highest BCUT2D eigenvalue weighted by molar-refractivity contribution is 5.96. The summed E-state index contributed by atoms with van der Waals surface area (Å²) in [6.45, 7) is 4.84. The molecule has 0 aliphatic carbocycles. The molecule has 1 saturated heterocycles. The number of carbonyl (C=O) groups excluding carboxylic acids is 1. The molecule has 19 heavy (non-hydrogen) atoms. The first-order valence-corrected chi connectivity index (χ1v) is 6.49. The molecule has 0 aromatic carbocycles. The smallest absolute Gasteiger partial charge is 0.335 e. The second-order valence-corrected chi connectivity index (χ2v) is 5.22. The van der Waals surface area contributed by atoms with E-state index >= 15 is 0 Å². The van der Waals surface area contributed by atoms with Crippen LogP contribution in [0.15, 0.2) is 18.3 Å². The van der Waals surface area contributed by atoms with Crippen molar-refractivity contribution < 1.29 is 14.7 Å². The van der Waals surface area contributed by atoms with E-state index in [0.717, 1.165) is 12.8 Å². The largest absolute Gasteiger partial charge is 0.478 e. The lowest BCUT2D eigenvalue weighted by molar-refractivity contribution is 0.0568. The first-order valence-electron chi connectivity index (χ1n) is 6.49. The van der Waals surface area contributed by atoms with Crippen molar-refractivity contribution in [2.75, 3.05) is 6.54 Å². The molecular formula is C14H18N2O3.